The predicted molar refractivity (Wildman–Crippen MR) is 157 cm³/mol. The van der Waals surface area contributed by atoms with Crippen molar-refractivity contribution in [1.29, 1.82) is 0 Å². The number of amidine groups is 1. The molecule has 4 aromatic rings. The third kappa shape index (κ3) is 8.57. The van der Waals surface area contributed by atoms with Gasteiger partial charge in [0.05, 0.1) is 35.8 Å². The fourth-order valence-electron chi connectivity index (χ4n) is 4.19. The van der Waals surface area contributed by atoms with Gasteiger partial charge in [-0.15, -0.1) is 18.3 Å². The minimum absolute atomic E-state index is 0.0195. The number of halogens is 7. The maximum atomic E-state index is 15.0. The fraction of sp³-hybridized carbons (Fsp3) is 0.207. The number of hydrogen-bond acceptors (Lipinski definition) is 7. The fourth-order valence-corrected chi connectivity index (χ4v) is 5.05. The molecule has 246 valence electrons. The minimum atomic E-state index is -4.84. The van der Waals surface area contributed by atoms with Crippen LogP contribution in [-0.2, 0) is 4.79 Å². The van der Waals surface area contributed by atoms with Crippen LogP contribution in [0.2, 0.25) is 0 Å². The Morgan fingerprint density at radius 2 is 1.79 bits per heavy atom. The Kier molecular flexibility index (Phi) is 9.41. The third-order valence-electron chi connectivity index (χ3n) is 6.26. The molecule has 0 aliphatic carbocycles. The molecule has 0 radical (unpaired) electrons. The van der Waals surface area contributed by atoms with Crippen LogP contribution in [0.15, 0.2) is 72.0 Å². The first-order chi connectivity index (χ1) is 22.1. The monoisotopic (exact) mass is 682 g/mol. The molecule has 1 aliphatic heterocycles. The van der Waals surface area contributed by atoms with Gasteiger partial charge >= 0.3 is 18.6 Å². The number of ether oxygens (including phenoxy) is 2. The van der Waals surface area contributed by atoms with Crippen molar-refractivity contribution in [3.8, 4) is 28.6 Å². The number of hydrogen-bond donors (Lipinski definition) is 1. The molecule has 1 saturated heterocycles. The second kappa shape index (κ2) is 13.3. The van der Waals surface area contributed by atoms with Crippen LogP contribution >= 0.6 is 11.8 Å². The lowest BCUT2D eigenvalue weighted by Gasteiger charge is -2.20. The number of aryl methyl sites for hydroxylation is 1. The molecule has 3 amide bonds. The van der Waals surface area contributed by atoms with Crippen LogP contribution < -0.4 is 19.7 Å². The van der Waals surface area contributed by atoms with Crippen molar-refractivity contribution >= 4 is 40.2 Å². The van der Waals surface area contributed by atoms with Crippen LogP contribution in [0.1, 0.15) is 12.0 Å². The molecule has 2 heterocycles. The van der Waals surface area contributed by atoms with Crippen molar-refractivity contribution in [2.75, 3.05) is 22.6 Å². The number of thioether (sulfide) groups is 1. The molecule has 1 N–H and O–H groups in total. The number of nitrogens with one attached hydrogen (secondary N) is 1. The van der Waals surface area contributed by atoms with Crippen LogP contribution in [-0.4, -0.2) is 56.8 Å². The van der Waals surface area contributed by atoms with Crippen molar-refractivity contribution in [2.45, 2.75) is 25.9 Å². The molecule has 1 aromatic heterocycles. The van der Waals surface area contributed by atoms with E-state index in [0.29, 0.717) is 11.3 Å². The number of anilines is 2. The number of benzene rings is 3. The summed E-state index contributed by atoms with van der Waals surface area (Å²) in [7, 11) is 0. The molecule has 0 spiro atoms. The predicted octanol–water partition coefficient (Wildman–Crippen LogP) is 7.28. The van der Waals surface area contributed by atoms with Gasteiger partial charge in [-0.05, 0) is 67.1 Å². The second-order valence-corrected chi connectivity index (χ2v) is 10.7. The van der Waals surface area contributed by atoms with Crippen LogP contribution in [0.4, 0.5) is 46.9 Å². The Bertz CT molecular complexity index is 1830. The van der Waals surface area contributed by atoms with Gasteiger partial charge in [0.2, 0.25) is 5.91 Å². The average molecular weight is 683 g/mol. The van der Waals surface area contributed by atoms with Gasteiger partial charge in [0, 0.05) is 5.56 Å². The van der Waals surface area contributed by atoms with E-state index in [1.165, 1.54) is 47.4 Å². The molecule has 1 aliphatic rings. The Labute approximate surface area is 265 Å². The Morgan fingerprint density at radius 1 is 1.04 bits per heavy atom. The van der Waals surface area contributed by atoms with Crippen LogP contribution in [0.5, 0.6) is 11.5 Å². The molecule has 10 nitrogen and oxygen atoms in total. The number of aliphatic imine (C=N–C) groups is 1. The number of rotatable bonds is 8. The average Bonchev–Trinajstić information content (AvgIpc) is 3.61. The molecule has 0 saturated carbocycles. The van der Waals surface area contributed by atoms with Gasteiger partial charge in [0.1, 0.15) is 23.6 Å². The summed E-state index contributed by atoms with van der Waals surface area (Å²) in [6.45, 7) is 1.00. The van der Waals surface area contributed by atoms with Gasteiger partial charge in [-0.2, -0.15) is 18.2 Å². The molecule has 1 fully saturated rings. The second-order valence-electron chi connectivity index (χ2n) is 9.78. The van der Waals surface area contributed by atoms with Crippen LogP contribution in [0.3, 0.4) is 0 Å². The smallest absolute Gasteiger partial charge is 0.491 e. The maximum Gasteiger partial charge on any atom is 0.573 e. The summed E-state index contributed by atoms with van der Waals surface area (Å²) in [5.41, 5.74) is 1.05. The summed E-state index contributed by atoms with van der Waals surface area (Å²) in [6, 6.07) is 12.0. The van der Waals surface area contributed by atoms with E-state index in [1.54, 1.807) is 13.0 Å². The van der Waals surface area contributed by atoms with E-state index in [4.69, 9.17) is 4.74 Å². The topological polar surface area (TPSA) is 111 Å². The molecule has 0 atom stereocenters. The highest BCUT2D eigenvalue weighted by Crippen LogP contribution is 2.36. The van der Waals surface area contributed by atoms with Crippen molar-refractivity contribution in [3.63, 3.8) is 0 Å². The number of nitrogens with zero attached hydrogens (tertiary/aromatic N) is 5. The maximum absolute atomic E-state index is 15.0. The number of carbonyl (C=O) groups excluding carboxylic acids is 2. The van der Waals surface area contributed by atoms with Gasteiger partial charge in [0.15, 0.2) is 11.0 Å². The van der Waals surface area contributed by atoms with E-state index in [1.807, 2.05) is 0 Å². The lowest BCUT2D eigenvalue weighted by Crippen LogP contribution is -2.31. The molecule has 0 unspecified atom stereocenters. The number of aromatic nitrogens is 3. The molecule has 18 heteroatoms. The number of carbonyl (C=O) groups is 2. The summed E-state index contributed by atoms with van der Waals surface area (Å²) in [5, 5.41) is 6.39. The summed E-state index contributed by atoms with van der Waals surface area (Å²) in [6.07, 6.45) is -9.24. The van der Waals surface area contributed by atoms with Gasteiger partial charge in [0.25, 0.3) is 0 Å². The zero-order chi connectivity index (χ0) is 33.9. The SMILES string of the molecule is Cc1ccc(OCCC(F)(F)F)c(N2C(=O)CSC2=NC(=O)Nc2ccc(-c3ncn(-c4ccc(OC(F)(F)F)cc4)n3)cc2F)c1. The van der Waals surface area contributed by atoms with E-state index in [2.05, 4.69) is 25.1 Å². The highest BCUT2D eigenvalue weighted by Gasteiger charge is 2.34. The van der Waals surface area contributed by atoms with Crippen molar-refractivity contribution in [3.05, 3.63) is 78.4 Å². The van der Waals surface area contributed by atoms with Gasteiger partial charge in [-0.25, -0.2) is 18.9 Å². The van der Waals surface area contributed by atoms with Gasteiger partial charge in [-0.1, -0.05) is 17.8 Å². The molecule has 3 aromatic carbocycles. The van der Waals surface area contributed by atoms with E-state index >= 15 is 4.39 Å². The van der Waals surface area contributed by atoms with Crippen molar-refractivity contribution in [1.82, 2.24) is 14.8 Å². The first-order valence-corrected chi connectivity index (χ1v) is 14.4. The van der Waals surface area contributed by atoms with E-state index < -0.39 is 49.1 Å². The molecule has 5 rings (SSSR count). The first-order valence-electron chi connectivity index (χ1n) is 13.4. The number of urea groups is 1. The molecule has 0 bridgehead atoms. The molecular formula is C29H21F7N6O4S. The summed E-state index contributed by atoms with van der Waals surface area (Å²) >= 11 is 0.903. The standard InChI is InChI=1S/C29H21F7N6O4S/c1-16-2-9-23(45-11-10-28(31,32)33)22(12-16)42-24(43)14-47-27(42)39-26(44)38-21-8-3-17(13-20(21)30)25-37-15-41(40-25)18-4-6-19(7-5-18)46-29(34,35)36/h2-9,12-13,15H,10-11,14H2,1H3,(H,38,44). The highest BCUT2D eigenvalue weighted by molar-refractivity contribution is 8.15. The summed E-state index contributed by atoms with van der Waals surface area (Å²) < 4.78 is 101. The van der Waals surface area contributed by atoms with Crippen LogP contribution in [0.25, 0.3) is 17.1 Å². The zero-order valence-electron chi connectivity index (χ0n) is 23.9. The van der Waals surface area contributed by atoms with Crippen LogP contribution in [0, 0.1) is 12.7 Å². The summed E-state index contributed by atoms with van der Waals surface area (Å²) in [4.78, 5) is 34.6. The lowest BCUT2D eigenvalue weighted by molar-refractivity contribution is -0.274. The minimum Gasteiger partial charge on any atom is -0.491 e. The van der Waals surface area contributed by atoms with E-state index in [9.17, 15) is 35.9 Å². The van der Waals surface area contributed by atoms with Gasteiger partial charge in [-0.3, -0.25) is 9.69 Å². The quantitative estimate of drug-likeness (QED) is 0.195. The molecule has 47 heavy (non-hydrogen) atoms. The third-order valence-corrected chi connectivity index (χ3v) is 7.18. The number of alkyl halides is 6. The Hall–Kier alpha value is -5.13. The van der Waals surface area contributed by atoms with Gasteiger partial charge < -0.3 is 14.8 Å². The normalized spacial score (nSPS) is 14.5. The summed E-state index contributed by atoms with van der Waals surface area (Å²) in [5.74, 6) is -1.87. The lowest BCUT2D eigenvalue weighted by atomic mass is 10.2. The number of amides is 3. The highest BCUT2D eigenvalue weighted by atomic mass is 32.2. The molecular weight excluding hydrogens is 661 g/mol. The Morgan fingerprint density at radius 3 is 2.47 bits per heavy atom. The zero-order valence-corrected chi connectivity index (χ0v) is 24.7. The first kappa shape index (κ1) is 33.2. The van der Waals surface area contributed by atoms with E-state index in [-0.39, 0.29) is 39.4 Å². The van der Waals surface area contributed by atoms with Crippen molar-refractivity contribution < 1.29 is 49.8 Å². The van der Waals surface area contributed by atoms with E-state index in [0.717, 1.165) is 34.9 Å². The Balaban J connectivity index is 1.29. The largest absolute Gasteiger partial charge is 0.573 e. The van der Waals surface area contributed by atoms with Crippen molar-refractivity contribution in [2.24, 2.45) is 4.99 Å².